The normalized spacial score (nSPS) is 48.4. The van der Waals surface area contributed by atoms with Gasteiger partial charge in [-0.15, -0.1) is 0 Å². The van der Waals surface area contributed by atoms with Gasteiger partial charge in [0.05, 0.1) is 0 Å². The molecular formula is C14H20. The third kappa shape index (κ3) is 0.852. The molecule has 3 rings (SSSR count). The van der Waals surface area contributed by atoms with E-state index in [4.69, 9.17) is 0 Å². The molecular weight excluding hydrogens is 168 g/mol. The van der Waals surface area contributed by atoms with Gasteiger partial charge < -0.3 is 0 Å². The predicted octanol–water partition coefficient (Wildman–Crippen LogP) is 3.95. The fourth-order valence-corrected chi connectivity index (χ4v) is 4.30. The quantitative estimate of drug-likeness (QED) is 0.576. The highest BCUT2D eigenvalue weighted by Crippen LogP contribution is 2.63. The van der Waals surface area contributed by atoms with Crippen LogP contribution in [0, 0.1) is 23.2 Å². The van der Waals surface area contributed by atoms with Gasteiger partial charge in [0.25, 0.3) is 0 Å². The molecule has 1 fully saturated rings. The number of fused-ring (bicyclic) bond motifs is 5. The fourth-order valence-electron chi connectivity index (χ4n) is 4.30. The summed E-state index contributed by atoms with van der Waals surface area (Å²) in [6.45, 7) is 4.70. The van der Waals surface area contributed by atoms with Crippen molar-refractivity contribution in [3.63, 3.8) is 0 Å². The van der Waals surface area contributed by atoms with Crippen molar-refractivity contribution in [2.45, 2.75) is 39.5 Å². The molecule has 0 heterocycles. The zero-order valence-corrected chi connectivity index (χ0v) is 9.29. The lowest BCUT2D eigenvalue weighted by Gasteiger charge is -2.32. The maximum Gasteiger partial charge on any atom is -0.00778 e. The molecule has 2 bridgehead atoms. The summed E-state index contributed by atoms with van der Waals surface area (Å²) in [6.07, 6.45) is 13.1. The second kappa shape index (κ2) is 2.74. The van der Waals surface area contributed by atoms with Crippen molar-refractivity contribution in [3.05, 3.63) is 23.8 Å². The van der Waals surface area contributed by atoms with Crippen LogP contribution in [0.1, 0.15) is 39.5 Å². The minimum atomic E-state index is 0.600. The summed E-state index contributed by atoms with van der Waals surface area (Å²) >= 11 is 0. The second-order valence-electron chi connectivity index (χ2n) is 5.31. The maximum atomic E-state index is 2.55. The third-order valence-corrected chi connectivity index (χ3v) is 5.05. The largest absolute Gasteiger partial charge is 0.0847 e. The van der Waals surface area contributed by atoms with Gasteiger partial charge in [0.1, 0.15) is 0 Å². The van der Waals surface area contributed by atoms with Gasteiger partial charge in [-0.25, -0.2) is 0 Å². The molecule has 0 radical (unpaired) electrons. The molecule has 0 aromatic rings. The van der Waals surface area contributed by atoms with Crippen molar-refractivity contribution in [2.75, 3.05) is 0 Å². The van der Waals surface area contributed by atoms with Crippen LogP contribution in [0.3, 0.4) is 0 Å². The number of hydrogen-bond acceptors (Lipinski definition) is 0. The van der Waals surface area contributed by atoms with Gasteiger partial charge >= 0.3 is 0 Å². The molecule has 0 N–H and O–H groups in total. The third-order valence-electron chi connectivity index (χ3n) is 5.05. The summed E-state index contributed by atoms with van der Waals surface area (Å²) in [5, 5.41) is 0. The first-order valence-electron chi connectivity index (χ1n) is 6.19. The van der Waals surface area contributed by atoms with Crippen LogP contribution >= 0.6 is 0 Å². The topological polar surface area (TPSA) is 0 Å². The molecule has 14 heavy (non-hydrogen) atoms. The summed E-state index contributed by atoms with van der Waals surface area (Å²) in [6, 6.07) is 0. The van der Waals surface area contributed by atoms with Crippen molar-refractivity contribution in [2.24, 2.45) is 23.2 Å². The van der Waals surface area contributed by atoms with Crippen LogP contribution in [0.2, 0.25) is 0 Å². The molecule has 3 aliphatic rings. The summed E-state index contributed by atoms with van der Waals surface area (Å²) in [7, 11) is 0. The number of rotatable bonds is 2. The van der Waals surface area contributed by atoms with Crippen LogP contribution in [0.25, 0.3) is 0 Å². The molecule has 1 saturated carbocycles. The summed E-state index contributed by atoms with van der Waals surface area (Å²) in [4.78, 5) is 0. The standard InChI is InChI=1S/C14H20/c1-3-10-5-6-12-13(10)11-7-8-14(12,4-2)9-11/h5,7-8,11-13H,3-4,6,9H2,1-2H3/t11-,12+,13-,14-/m0/s1. The Balaban J connectivity index is 1.97. The van der Waals surface area contributed by atoms with E-state index in [1.807, 2.05) is 0 Å². The van der Waals surface area contributed by atoms with E-state index in [0.717, 1.165) is 17.8 Å². The van der Waals surface area contributed by atoms with E-state index in [9.17, 15) is 0 Å². The van der Waals surface area contributed by atoms with E-state index in [1.54, 1.807) is 5.57 Å². The molecule has 0 aromatic heterocycles. The van der Waals surface area contributed by atoms with Crippen molar-refractivity contribution in [3.8, 4) is 0 Å². The van der Waals surface area contributed by atoms with Gasteiger partial charge in [-0.1, -0.05) is 37.6 Å². The molecule has 0 unspecified atom stereocenters. The Hall–Kier alpha value is -0.520. The first kappa shape index (κ1) is 8.76. The van der Waals surface area contributed by atoms with Gasteiger partial charge in [-0.3, -0.25) is 0 Å². The number of hydrogen-bond donors (Lipinski definition) is 0. The summed E-state index contributed by atoms with van der Waals surface area (Å²) in [5.74, 6) is 2.80. The molecule has 0 spiro atoms. The molecule has 3 aliphatic carbocycles. The number of allylic oxidation sites excluding steroid dienone is 4. The van der Waals surface area contributed by atoms with E-state index in [0.29, 0.717) is 5.41 Å². The molecule has 0 aromatic carbocycles. The van der Waals surface area contributed by atoms with Crippen molar-refractivity contribution < 1.29 is 0 Å². The zero-order chi connectivity index (χ0) is 9.76. The lowest BCUT2D eigenvalue weighted by molar-refractivity contribution is 0.246. The Kier molecular flexibility index (Phi) is 1.72. The summed E-state index contributed by atoms with van der Waals surface area (Å²) < 4.78 is 0. The Labute approximate surface area is 87.1 Å². The van der Waals surface area contributed by atoms with Crippen LogP contribution in [0.4, 0.5) is 0 Å². The molecule has 76 valence electrons. The maximum absolute atomic E-state index is 2.55. The van der Waals surface area contributed by atoms with Crippen LogP contribution in [-0.4, -0.2) is 0 Å². The van der Waals surface area contributed by atoms with Gasteiger partial charge in [-0.2, -0.15) is 0 Å². The first-order chi connectivity index (χ1) is 6.80. The minimum Gasteiger partial charge on any atom is -0.0847 e. The van der Waals surface area contributed by atoms with E-state index in [1.165, 1.54) is 25.7 Å². The van der Waals surface area contributed by atoms with Gasteiger partial charge in [-0.05, 0) is 48.9 Å². The van der Waals surface area contributed by atoms with E-state index in [-0.39, 0.29) is 0 Å². The van der Waals surface area contributed by atoms with Crippen molar-refractivity contribution in [1.82, 2.24) is 0 Å². The van der Waals surface area contributed by atoms with E-state index in [2.05, 4.69) is 32.1 Å². The minimum absolute atomic E-state index is 0.600. The van der Waals surface area contributed by atoms with E-state index < -0.39 is 0 Å². The highest BCUT2D eigenvalue weighted by Gasteiger charge is 2.55. The molecule has 0 nitrogen and oxygen atoms in total. The predicted molar refractivity (Wildman–Crippen MR) is 59.9 cm³/mol. The van der Waals surface area contributed by atoms with Crippen LogP contribution in [0.5, 0.6) is 0 Å². The zero-order valence-electron chi connectivity index (χ0n) is 9.29. The average Bonchev–Trinajstić information content (AvgIpc) is 2.88. The average molecular weight is 188 g/mol. The van der Waals surface area contributed by atoms with Gasteiger partial charge in [0, 0.05) is 0 Å². The Morgan fingerprint density at radius 3 is 3.00 bits per heavy atom. The monoisotopic (exact) mass is 188 g/mol. The lowest BCUT2D eigenvalue weighted by atomic mass is 9.72. The van der Waals surface area contributed by atoms with Crippen LogP contribution in [-0.2, 0) is 0 Å². The molecule has 0 heteroatoms. The SMILES string of the molecule is CCC1=CC[C@@H]2[C@@H]1[C@H]1C=C[C@@]2(CC)C1. The summed E-state index contributed by atoms with van der Waals surface area (Å²) in [5.41, 5.74) is 2.36. The highest BCUT2D eigenvalue weighted by atomic mass is 14.6. The molecule has 4 atom stereocenters. The van der Waals surface area contributed by atoms with Gasteiger partial charge in [0.15, 0.2) is 0 Å². The fraction of sp³-hybridized carbons (Fsp3) is 0.714. The molecule has 0 aliphatic heterocycles. The Morgan fingerprint density at radius 2 is 2.29 bits per heavy atom. The highest BCUT2D eigenvalue weighted by molar-refractivity contribution is 5.32. The second-order valence-corrected chi connectivity index (χ2v) is 5.31. The first-order valence-corrected chi connectivity index (χ1v) is 6.19. The molecule has 0 saturated heterocycles. The lowest BCUT2D eigenvalue weighted by Crippen LogP contribution is -2.25. The smallest absolute Gasteiger partial charge is 0.00778 e. The Morgan fingerprint density at radius 1 is 1.43 bits per heavy atom. The Bertz CT molecular complexity index is 310. The molecule has 0 amide bonds. The van der Waals surface area contributed by atoms with Crippen LogP contribution < -0.4 is 0 Å². The van der Waals surface area contributed by atoms with Crippen LogP contribution in [0.15, 0.2) is 23.8 Å². The van der Waals surface area contributed by atoms with E-state index >= 15 is 0 Å². The van der Waals surface area contributed by atoms with Crippen molar-refractivity contribution in [1.29, 1.82) is 0 Å². The van der Waals surface area contributed by atoms with Gasteiger partial charge in [0.2, 0.25) is 0 Å². The van der Waals surface area contributed by atoms with Crippen molar-refractivity contribution >= 4 is 0 Å².